The van der Waals surface area contributed by atoms with Gasteiger partial charge >= 0.3 is 17.8 Å². The second-order valence-electron chi connectivity index (χ2n) is 6.10. The molecule has 2 N–H and O–H groups in total. The summed E-state index contributed by atoms with van der Waals surface area (Å²) in [4.78, 5) is 35.9. The first-order chi connectivity index (χ1) is 14.6. The second-order valence-corrected chi connectivity index (χ2v) is 6.10. The number of aryl methyl sites for hydroxylation is 1. The molecule has 0 spiro atoms. The maximum Gasteiger partial charge on any atom is 0.379 e. The number of hydrogen-bond acceptors (Lipinski definition) is 6. The Hall–Kier alpha value is -4.20. The molecule has 0 aliphatic carbocycles. The average molecular weight is 405 g/mol. The van der Waals surface area contributed by atoms with Crippen LogP contribution in [0, 0.1) is 0 Å². The number of hydrogen-bond donors (Lipinski definition) is 2. The Kier molecular flexibility index (Phi) is 6.73. The van der Waals surface area contributed by atoms with E-state index >= 15 is 0 Å². The Morgan fingerprint density at radius 2 is 1.87 bits per heavy atom. The summed E-state index contributed by atoms with van der Waals surface area (Å²) in [6.07, 6.45) is 3.42. The topological polar surface area (TPSA) is 110 Å². The van der Waals surface area contributed by atoms with Gasteiger partial charge in [0.15, 0.2) is 0 Å². The second kappa shape index (κ2) is 9.83. The molecule has 152 valence electrons. The summed E-state index contributed by atoms with van der Waals surface area (Å²) >= 11 is 0. The molecule has 1 aromatic heterocycles. The van der Waals surface area contributed by atoms with Crippen molar-refractivity contribution in [3.8, 4) is 5.75 Å². The van der Waals surface area contributed by atoms with Crippen molar-refractivity contribution in [1.29, 1.82) is 0 Å². The van der Waals surface area contributed by atoms with E-state index in [-0.39, 0.29) is 11.5 Å². The fourth-order valence-electron chi connectivity index (χ4n) is 2.56. The highest BCUT2D eigenvalue weighted by molar-refractivity contribution is 6.39. The molecule has 8 heteroatoms. The van der Waals surface area contributed by atoms with Crippen molar-refractivity contribution in [1.82, 2.24) is 5.43 Å². The highest BCUT2D eigenvalue weighted by Gasteiger charge is 2.14. The van der Waals surface area contributed by atoms with Gasteiger partial charge in [0.2, 0.25) is 5.76 Å². The molecule has 0 atom stereocenters. The minimum Gasteiger partial charge on any atom is -0.457 e. The summed E-state index contributed by atoms with van der Waals surface area (Å²) in [5, 5.41) is 6.34. The van der Waals surface area contributed by atoms with E-state index in [2.05, 4.69) is 15.8 Å². The molecule has 0 radical (unpaired) electrons. The quantitative estimate of drug-likeness (QED) is 0.215. The summed E-state index contributed by atoms with van der Waals surface area (Å²) in [5.41, 5.74) is 4.22. The molecule has 30 heavy (non-hydrogen) atoms. The Labute approximate surface area is 172 Å². The van der Waals surface area contributed by atoms with Crippen LogP contribution in [-0.4, -0.2) is 24.0 Å². The molecular formula is C22H19N3O5. The third-order valence-electron chi connectivity index (χ3n) is 4.02. The largest absolute Gasteiger partial charge is 0.457 e. The number of anilines is 1. The predicted molar refractivity (Wildman–Crippen MR) is 110 cm³/mol. The molecule has 0 aliphatic rings. The number of carbonyl (C=O) groups is 3. The van der Waals surface area contributed by atoms with Crippen LogP contribution in [-0.2, 0) is 16.0 Å². The van der Waals surface area contributed by atoms with E-state index in [1.807, 2.05) is 19.1 Å². The van der Waals surface area contributed by atoms with E-state index in [1.54, 1.807) is 42.5 Å². The Morgan fingerprint density at radius 3 is 2.63 bits per heavy atom. The number of carbonyl (C=O) groups excluding carboxylic acids is 3. The summed E-state index contributed by atoms with van der Waals surface area (Å²) in [5.74, 6) is -2.00. The lowest BCUT2D eigenvalue weighted by molar-refractivity contribution is -0.136. The van der Waals surface area contributed by atoms with Gasteiger partial charge in [-0.25, -0.2) is 10.2 Å². The van der Waals surface area contributed by atoms with Crippen LogP contribution in [0.3, 0.4) is 0 Å². The molecule has 0 unspecified atom stereocenters. The highest BCUT2D eigenvalue weighted by Crippen LogP contribution is 2.16. The third kappa shape index (κ3) is 5.41. The molecule has 0 saturated heterocycles. The molecule has 2 aromatic carbocycles. The fraction of sp³-hybridized carbons (Fsp3) is 0.0909. The number of ether oxygens (including phenoxy) is 1. The Balaban J connectivity index is 1.56. The molecule has 8 nitrogen and oxygen atoms in total. The van der Waals surface area contributed by atoms with Gasteiger partial charge in [0, 0.05) is 5.69 Å². The van der Waals surface area contributed by atoms with Crippen LogP contribution < -0.4 is 15.5 Å². The van der Waals surface area contributed by atoms with Gasteiger partial charge in [-0.2, -0.15) is 5.10 Å². The van der Waals surface area contributed by atoms with E-state index in [0.29, 0.717) is 11.3 Å². The number of nitrogens with zero attached hydrogens (tertiary/aromatic N) is 1. The van der Waals surface area contributed by atoms with E-state index in [0.717, 1.165) is 12.0 Å². The van der Waals surface area contributed by atoms with Crippen LogP contribution in [0.4, 0.5) is 5.69 Å². The van der Waals surface area contributed by atoms with Gasteiger partial charge in [0.05, 0.1) is 12.5 Å². The van der Waals surface area contributed by atoms with Gasteiger partial charge in [0.1, 0.15) is 5.75 Å². The fourth-order valence-corrected chi connectivity index (χ4v) is 2.56. The minimum atomic E-state index is -0.905. The number of esters is 1. The predicted octanol–water partition coefficient (Wildman–Crippen LogP) is 3.15. The zero-order chi connectivity index (χ0) is 21.3. The average Bonchev–Trinajstić information content (AvgIpc) is 3.29. The number of nitrogens with one attached hydrogen (secondary N) is 2. The van der Waals surface area contributed by atoms with Crippen molar-refractivity contribution in [3.63, 3.8) is 0 Å². The smallest absolute Gasteiger partial charge is 0.379 e. The molecule has 1 heterocycles. The van der Waals surface area contributed by atoms with Crippen molar-refractivity contribution in [2.75, 3.05) is 5.32 Å². The first-order valence-electron chi connectivity index (χ1n) is 9.15. The number of hydrazone groups is 1. The van der Waals surface area contributed by atoms with Crippen LogP contribution >= 0.6 is 0 Å². The van der Waals surface area contributed by atoms with E-state index in [4.69, 9.17) is 9.15 Å². The third-order valence-corrected chi connectivity index (χ3v) is 4.02. The Morgan fingerprint density at radius 1 is 1.03 bits per heavy atom. The van der Waals surface area contributed by atoms with Gasteiger partial charge in [-0.3, -0.25) is 9.59 Å². The zero-order valence-corrected chi connectivity index (χ0v) is 16.1. The summed E-state index contributed by atoms with van der Waals surface area (Å²) in [7, 11) is 0. The first-order valence-corrected chi connectivity index (χ1v) is 9.15. The van der Waals surface area contributed by atoms with Gasteiger partial charge in [-0.05, 0) is 47.9 Å². The van der Waals surface area contributed by atoms with Crippen molar-refractivity contribution in [2.24, 2.45) is 5.10 Å². The molecule has 0 fully saturated rings. The van der Waals surface area contributed by atoms with Crippen LogP contribution in [0.1, 0.15) is 28.6 Å². The standard InChI is InChI=1S/C22H19N3O5/c1-2-16-8-3-4-10-18(16)24-20(26)21(27)25-23-14-15-7-5-9-17(13-15)30-22(28)19-11-6-12-29-19/h3-14H,2H2,1H3,(H,24,26)(H,25,27)/b23-14+. The lowest BCUT2D eigenvalue weighted by Gasteiger charge is -2.08. The van der Waals surface area contributed by atoms with Crippen LogP contribution in [0.2, 0.25) is 0 Å². The highest BCUT2D eigenvalue weighted by atomic mass is 16.5. The molecule has 0 aliphatic heterocycles. The zero-order valence-electron chi connectivity index (χ0n) is 16.1. The number of para-hydroxylation sites is 1. The summed E-state index contributed by atoms with van der Waals surface area (Å²) < 4.78 is 10.2. The van der Waals surface area contributed by atoms with Crippen molar-refractivity contribution in [3.05, 3.63) is 83.8 Å². The minimum absolute atomic E-state index is 0.0805. The maximum absolute atomic E-state index is 12.0. The first kappa shape index (κ1) is 20.5. The van der Waals surface area contributed by atoms with Gasteiger partial charge < -0.3 is 14.5 Å². The molecule has 3 aromatic rings. The molecule has 0 saturated carbocycles. The number of amides is 2. The number of benzene rings is 2. The van der Waals surface area contributed by atoms with E-state index < -0.39 is 17.8 Å². The van der Waals surface area contributed by atoms with Gasteiger partial charge in [-0.15, -0.1) is 0 Å². The van der Waals surface area contributed by atoms with Crippen LogP contribution in [0.15, 0.2) is 76.4 Å². The van der Waals surface area contributed by atoms with Crippen LogP contribution in [0.25, 0.3) is 0 Å². The lowest BCUT2D eigenvalue weighted by Crippen LogP contribution is -2.32. The Bertz CT molecular complexity index is 1070. The van der Waals surface area contributed by atoms with Crippen molar-refractivity contribution < 1.29 is 23.5 Å². The van der Waals surface area contributed by atoms with E-state index in [1.165, 1.54) is 18.5 Å². The maximum atomic E-state index is 12.0. The van der Waals surface area contributed by atoms with Crippen LogP contribution in [0.5, 0.6) is 5.75 Å². The van der Waals surface area contributed by atoms with Gasteiger partial charge in [-0.1, -0.05) is 37.3 Å². The molecule has 3 rings (SSSR count). The molecule has 2 amide bonds. The van der Waals surface area contributed by atoms with Crippen molar-refractivity contribution in [2.45, 2.75) is 13.3 Å². The van der Waals surface area contributed by atoms with Gasteiger partial charge in [0.25, 0.3) is 0 Å². The molecular weight excluding hydrogens is 386 g/mol. The normalized spacial score (nSPS) is 10.6. The van der Waals surface area contributed by atoms with E-state index in [9.17, 15) is 14.4 Å². The number of furan rings is 1. The van der Waals surface area contributed by atoms with Crippen molar-refractivity contribution >= 4 is 29.7 Å². The molecule has 0 bridgehead atoms. The SMILES string of the molecule is CCc1ccccc1NC(=O)C(=O)N/N=C/c1cccc(OC(=O)c2ccco2)c1. The summed E-state index contributed by atoms with van der Waals surface area (Å²) in [6.45, 7) is 1.95. The number of rotatable bonds is 6. The monoisotopic (exact) mass is 405 g/mol. The summed E-state index contributed by atoms with van der Waals surface area (Å²) in [6, 6.07) is 16.8. The lowest BCUT2D eigenvalue weighted by atomic mass is 10.1.